The van der Waals surface area contributed by atoms with Gasteiger partial charge in [-0.2, -0.15) is 0 Å². The maximum absolute atomic E-state index is 5.49. The quantitative estimate of drug-likeness (QED) is 0.645. The SMILES string of the molecule is COc1ccc2c(c1)CC[C@@H]1[C@@H]2CC[C@@]2(C)[C@H]1CCCN2CCCc1ccccn1. The van der Waals surface area contributed by atoms with Gasteiger partial charge in [0.2, 0.25) is 0 Å². The molecule has 3 heteroatoms. The molecule has 1 aliphatic heterocycles. The summed E-state index contributed by atoms with van der Waals surface area (Å²) in [4.78, 5) is 7.39. The minimum atomic E-state index is 0.382. The van der Waals surface area contributed by atoms with Gasteiger partial charge in [-0.15, -0.1) is 0 Å². The van der Waals surface area contributed by atoms with Crippen molar-refractivity contribution in [1.82, 2.24) is 9.88 Å². The molecule has 2 heterocycles. The fourth-order valence-electron chi connectivity index (χ4n) is 7.03. The van der Waals surface area contributed by atoms with Crippen molar-refractivity contribution in [2.24, 2.45) is 11.8 Å². The highest BCUT2D eigenvalue weighted by Crippen LogP contribution is 2.56. The number of likely N-dealkylation sites (tertiary alicyclic amines) is 1. The van der Waals surface area contributed by atoms with Gasteiger partial charge >= 0.3 is 0 Å². The van der Waals surface area contributed by atoms with Gasteiger partial charge in [-0.05, 0) is 125 Å². The summed E-state index contributed by atoms with van der Waals surface area (Å²) in [7, 11) is 1.78. The van der Waals surface area contributed by atoms with E-state index in [0.29, 0.717) is 5.54 Å². The third-order valence-corrected chi connectivity index (χ3v) is 8.54. The first-order valence-corrected chi connectivity index (χ1v) is 12.0. The zero-order chi connectivity index (χ0) is 20.6. The monoisotopic (exact) mass is 404 g/mol. The Morgan fingerprint density at radius 1 is 1.17 bits per heavy atom. The lowest BCUT2D eigenvalue weighted by atomic mass is 9.55. The molecule has 2 aliphatic carbocycles. The van der Waals surface area contributed by atoms with E-state index < -0.39 is 0 Å². The van der Waals surface area contributed by atoms with Crippen molar-refractivity contribution in [2.75, 3.05) is 20.2 Å². The molecular weight excluding hydrogens is 368 g/mol. The molecule has 4 atom stereocenters. The van der Waals surface area contributed by atoms with E-state index in [-0.39, 0.29) is 0 Å². The van der Waals surface area contributed by atoms with Crippen molar-refractivity contribution >= 4 is 0 Å². The molecule has 5 rings (SSSR count). The van der Waals surface area contributed by atoms with Crippen LogP contribution in [0.4, 0.5) is 0 Å². The number of aryl methyl sites for hydroxylation is 2. The first-order chi connectivity index (χ1) is 14.7. The van der Waals surface area contributed by atoms with E-state index in [1.165, 1.54) is 63.7 Å². The van der Waals surface area contributed by atoms with Crippen LogP contribution in [0, 0.1) is 11.8 Å². The number of fused-ring (bicyclic) bond motifs is 5. The second-order valence-corrected chi connectivity index (χ2v) is 9.93. The van der Waals surface area contributed by atoms with Crippen LogP contribution in [0.2, 0.25) is 0 Å². The number of ether oxygens (including phenoxy) is 1. The van der Waals surface area contributed by atoms with E-state index in [0.717, 1.165) is 29.9 Å². The summed E-state index contributed by atoms with van der Waals surface area (Å²) in [5.74, 6) is 3.47. The Morgan fingerprint density at radius 2 is 2.10 bits per heavy atom. The zero-order valence-corrected chi connectivity index (χ0v) is 18.6. The summed E-state index contributed by atoms with van der Waals surface area (Å²) in [5.41, 5.74) is 4.79. The van der Waals surface area contributed by atoms with Crippen LogP contribution in [0.3, 0.4) is 0 Å². The number of piperidine rings is 1. The summed E-state index contributed by atoms with van der Waals surface area (Å²) in [5, 5.41) is 0. The lowest BCUT2D eigenvalue weighted by Crippen LogP contribution is -2.60. The van der Waals surface area contributed by atoms with E-state index >= 15 is 0 Å². The molecule has 0 spiro atoms. The number of pyridine rings is 1. The fraction of sp³-hybridized carbons (Fsp3) is 0.593. The average molecular weight is 405 g/mol. The predicted molar refractivity (Wildman–Crippen MR) is 122 cm³/mol. The molecule has 1 saturated carbocycles. The van der Waals surface area contributed by atoms with Crippen molar-refractivity contribution < 1.29 is 4.74 Å². The zero-order valence-electron chi connectivity index (χ0n) is 18.6. The molecule has 0 unspecified atom stereocenters. The molecule has 1 aromatic carbocycles. The summed E-state index contributed by atoms with van der Waals surface area (Å²) < 4.78 is 5.49. The molecule has 1 aromatic heterocycles. The van der Waals surface area contributed by atoms with E-state index in [1.54, 1.807) is 18.2 Å². The van der Waals surface area contributed by atoms with Gasteiger partial charge in [0.1, 0.15) is 5.75 Å². The van der Waals surface area contributed by atoms with Crippen molar-refractivity contribution in [3.63, 3.8) is 0 Å². The Balaban J connectivity index is 1.30. The first kappa shape index (κ1) is 20.1. The smallest absolute Gasteiger partial charge is 0.119 e. The average Bonchev–Trinajstić information content (AvgIpc) is 2.79. The summed E-state index contributed by atoms with van der Waals surface area (Å²) >= 11 is 0. The van der Waals surface area contributed by atoms with Crippen molar-refractivity contribution in [3.05, 3.63) is 59.4 Å². The van der Waals surface area contributed by atoms with E-state index in [4.69, 9.17) is 4.74 Å². The second kappa shape index (κ2) is 8.34. The number of hydrogen-bond donors (Lipinski definition) is 0. The van der Waals surface area contributed by atoms with Gasteiger partial charge in [0.25, 0.3) is 0 Å². The van der Waals surface area contributed by atoms with Crippen LogP contribution in [-0.2, 0) is 12.8 Å². The van der Waals surface area contributed by atoms with Crippen LogP contribution in [0.1, 0.15) is 68.2 Å². The third kappa shape index (κ3) is 3.56. The highest BCUT2D eigenvalue weighted by atomic mass is 16.5. The second-order valence-electron chi connectivity index (χ2n) is 9.93. The van der Waals surface area contributed by atoms with Gasteiger partial charge in [0.05, 0.1) is 7.11 Å². The van der Waals surface area contributed by atoms with Gasteiger partial charge in [0, 0.05) is 17.4 Å². The largest absolute Gasteiger partial charge is 0.497 e. The van der Waals surface area contributed by atoms with E-state index in [9.17, 15) is 0 Å². The lowest BCUT2D eigenvalue weighted by Gasteiger charge is -2.59. The van der Waals surface area contributed by atoms with Gasteiger partial charge < -0.3 is 4.74 Å². The third-order valence-electron chi connectivity index (χ3n) is 8.54. The molecule has 3 nitrogen and oxygen atoms in total. The van der Waals surface area contributed by atoms with Crippen LogP contribution in [0.15, 0.2) is 42.6 Å². The van der Waals surface area contributed by atoms with E-state index in [2.05, 4.69) is 47.1 Å². The summed E-state index contributed by atoms with van der Waals surface area (Å²) in [6, 6.07) is 13.1. The van der Waals surface area contributed by atoms with Crippen LogP contribution in [0.25, 0.3) is 0 Å². The molecular formula is C27H36N2O. The standard InChI is InChI=1S/C27H36N2O/c1-27-15-14-24-23-13-11-22(30-2)19-20(23)10-12-25(24)26(27)9-6-18-29(27)17-5-8-21-7-3-4-16-28-21/h3-4,7,11,13,16,19,24-26H,5-6,8-10,12,14-15,17-18H2,1-2H3/t24-,25-,26+,27+/m1/s1. The molecule has 2 aromatic rings. The van der Waals surface area contributed by atoms with Gasteiger partial charge in [-0.1, -0.05) is 12.1 Å². The van der Waals surface area contributed by atoms with Crippen LogP contribution >= 0.6 is 0 Å². The molecule has 0 bridgehead atoms. The Hall–Kier alpha value is -1.87. The van der Waals surface area contributed by atoms with Gasteiger partial charge in [-0.25, -0.2) is 0 Å². The number of benzene rings is 1. The molecule has 160 valence electrons. The number of nitrogens with zero attached hydrogens (tertiary/aromatic N) is 2. The topological polar surface area (TPSA) is 25.4 Å². The normalized spacial score (nSPS) is 30.8. The molecule has 1 saturated heterocycles. The Morgan fingerprint density at radius 3 is 2.93 bits per heavy atom. The van der Waals surface area contributed by atoms with Crippen LogP contribution < -0.4 is 4.74 Å². The Bertz CT molecular complexity index is 866. The number of hydrogen-bond acceptors (Lipinski definition) is 3. The van der Waals surface area contributed by atoms with E-state index in [1.807, 2.05) is 12.3 Å². The van der Waals surface area contributed by atoms with Crippen LogP contribution in [0.5, 0.6) is 5.75 Å². The van der Waals surface area contributed by atoms with Gasteiger partial charge in [0.15, 0.2) is 0 Å². The molecule has 30 heavy (non-hydrogen) atoms. The molecule has 3 aliphatic rings. The number of methoxy groups -OCH3 is 1. The van der Waals surface area contributed by atoms with Crippen molar-refractivity contribution in [2.45, 2.75) is 69.7 Å². The molecule has 0 N–H and O–H groups in total. The number of aromatic nitrogens is 1. The number of rotatable bonds is 5. The summed E-state index contributed by atoms with van der Waals surface area (Å²) in [6.45, 7) is 5.09. The highest BCUT2D eigenvalue weighted by Gasteiger charge is 2.51. The molecule has 2 fully saturated rings. The predicted octanol–water partition coefficient (Wildman–Crippen LogP) is 5.63. The Labute approximate surface area is 181 Å². The minimum absolute atomic E-state index is 0.382. The first-order valence-electron chi connectivity index (χ1n) is 12.0. The maximum atomic E-state index is 5.49. The fourth-order valence-corrected chi connectivity index (χ4v) is 7.03. The molecule has 0 amide bonds. The Kier molecular flexibility index (Phi) is 5.58. The van der Waals surface area contributed by atoms with Crippen LogP contribution in [-0.4, -0.2) is 35.6 Å². The molecule has 0 radical (unpaired) electrons. The minimum Gasteiger partial charge on any atom is -0.497 e. The van der Waals surface area contributed by atoms with Gasteiger partial charge in [-0.3, -0.25) is 9.88 Å². The maximum Gasteiger partial charge on any atom is 0.119 e. The highest BCUT2D eigenvalue weighted by molar-refractivity contribution is 5.40. The van der Waals surface area contributed by atoms with Crippen molar-refractivity contribution in [3.8, 4) is 5.75 Å². The lowest BCUT2D eigenvalue weighted by molar-refractivity contribution is -0.0614. The van der Waals surface area contributed by atoms with Crippen molar-refractivity contribution in [1.29, 1.82) is 0 Å². The summed E-state index contributed by atoms with van der Waals surface area (Å²) in [6.07, 6.45) is 12.3.